The van der Waals surface area contributed by atoms with Crippen LogP contribution in [0.1, 0.15) is 54.8 Å². The maximum atomic E-state index is 14.8. The molecular formula is C34H36FN3O5. The highest BCUT2D eigenvalue weighted by atomic mass is 19.1. The first-order valence-electron chi connectivity index (χ1n) is 14.8. The number of fused-ring (bicyclic) bond motifs is 2. The van der Waals surface area contributed by atoms with Crippen molar-refractivity contribution in [2.75, 3.05) is 32.8 Å². The summed E-state index contributed by atoms with van der Waals surface area (Å²) in [5, 5.41) is 15.2. The van der Waals surface area contributed by atoms with Crippen molar-refractivity contribution in [3.05, 3.63) is 83.8 Å². The standard InChI is InChI=1S/C34H36FN3O5/c1-21(2)38-14-11-25-17-24(9-10-29(25)38)22-5-7-23(8-6-22)32(40)34(41)36-28(20-37-12-3-4-13-37)31(39)26-18-27(35)33-30(19-26)42-15-16-43-33/h5-11,14,17-19,21,28,31,39H,3-4,12-13,15-16,20H2,1-2H3,(H,36,41)/t28-,31+/m1/s1. The van der Waals surface area contributed by atoms with Crippen LogP contribution in [0.4, 0.5) is 4.39 Å². The van der Waals surface area contributed by atoms with E-state index in [1.807, 2.05) is 12.1 Å². The third kappa shape index (κ3) is 6.00. The number of nitrogens with zero attached hydrogens (tertiary/aromatic N) is 2. The second-order valence-electron chi connectivity index (χ2n) is 11.6. The van der Waals surface area contributed by atoms with Gasteiger partial charge >= 0.3 is 0 Å². The van der Waals surface area contributed by atoms with Crippen LogP contribution in [0.2, 0.25) is 0 Å². The molecule has 3 aromatic carbocycles. The molecule has 0 aliphatic carbocycles. The Balaban J connectivity index is 1.19. The number of Topliss-reactive ketones (excluding diaryl/α,β-unsaturated/α-hetero) is 1. The number of amides is 1. The van der Waals surface area contributed by atoms with Crippen LogP contribution in [0.15, 0.2) is 66.9 Å². The van der Waals surface area contributed by atoms with E-state index in [4.69, 9.17) is 9.47 Å². The Bertz CT molecular complexity index is 1640. The molecule has 0 saturated carbocycles. The van der Waals surface area contributed by atoms with Gasteiger partial charge in [-0.25, -0.2) is 4.39 Å². The van der Waals surface area contributed by atoms with Gasteiger partial charge in [0.05, 0.1) is 6.04 Å². The number of rotatable bonds is 9. The molecule has 224 valence electrons. The number of aliphatic hydroxyl groups is 1. The van der Waals surface area contributed by atoms with Gasteiger partial charge in [-0.2, -0.15) is 0 Å². The molecular weight excluding hydrogens is 549 g/mol. The van der Waals surface area contributed by atoms with E-state index in [2.05, 4.69) is 59.1 Å². The number of nitrogens with one attached hydrogen (secondary N) is 1. The molecule has 0 unspecified atom stereocenters. The third-order valence-electron chi connectivity index (χ3n) is 8.28. The lowest BCUT2D eigenvalue weighted by molar-refractivity contribution is -0.118. The number of halogens is 1. The maximum absolute atomic E-state index is 14.8. The Morgan fingerprint density at radius 1 is 0.953 bits per heavy atom. The van der Waals surface area contributed by atoms with Crippen LogP contribution in [0, 0.1) is 5.82 Å². The average molecular weight is 586 g/mol. The van der Waals surface area contributed by atoms with Gasteiger partial charge in [-0.05, 0) is 86.8 Å². The number of aromatic nitrogens is 1. The van der Waals surface area contributed by atoms with Crippen molar-refractivity contribution < 1.29 is 28.6 Å². The number of aliphatic hydroxyl groups excluding tert-OH is 1. The van der Waals surface area contributed by atoms with Crippen molar-refractivity contribution in [3.63, 3.8) is 0 Å². The van der Waals surface area contributed by atoms with Gasteiger partial charge in [0.15, 0.2) is 17.3 Å². The Morgan fingerprint density at radius 2 is 1.67 bits per heavy atom. The van der Waals surface area contributed by atoms with Crippen molar-refractivity contribution in [1.29, 1.82) is 0 Å². The molecule has 8 nitrogen and oxygen atoms in total. The van der Waals surface area contributed by atoms with Crippen LogP contribution in [-0.2, 0) is 4.79 Å². The number of carbonyl (C=O) groups excluding carboxylic acids is 2. The minimum Gasteiger partial charge on any atom is -0.486 e. The Morgan fingerprint density at radius 3 is 2.42 bits per heavy atom. The first-order chi connectivity index (χ1) is 20.8. The quantitative estimate of drug-likeness (QED) is 0.205. The van der Waals surface area contributed by atoms with E-state index in [-0.39, 0.29) is 35.8 Å². The summed E-state index contributed by atoms with van der Waals surface area (Å²) in [5.74, 6) is -1.96. The van der Waals surface area contributed by atoms with E-state index < -0.39 is 29.7 Å². The number of likely N-dealkylation sites (tertiary alicyclic amines) is 1. The number of ketones is 1. The van der Waals surface area contributed by atoms with Gasteiger partial charge in [-0.3, -0.25) is 9.59 Å². The van der Waals surface area contributed by atoms with Crippen LogP contribution < -0.4 is 14.8 Å². The summed E-state index contributed by atoms with van der Waals surface area (Å²) < 4.78 is 27.9. The number of carbonyl (C=O) groups is 2. The highest BCUT2D eigenvalue weighted by Gasteiger charge is 2.31. The maximum Gasteiger partial charge on any atom is 0.292 e. The fraction of sp³-hybridized carbons (Fsp3) is 0.353. The van der Waals surface area contributed by atoms with E-state index in [1.165, 1.54) is 12.1 Å². The SMILES string of the molecule is CC(C)n1ccc2cc(-c3ccc(C(=O)C(=O)N[C@H](CN4CCCC4)[C@@H](O)c4cc(F)c5c(c4)OCCO5)cc3)ccc21. The molecule has 2 atom stereocenters. The molecule has 2 aliphatic heterocycles. The second kappa shape index (κ2) is 12.2. The Kier molecular flexibility index (Phi) is 8.19. The van der Waals surface area contributed by atoms with E-state index in [1.54, 1.807) is 12.1 Å². The number of hydrogen-bond acceptors (Lipinski definition) is 6. The molecule has 1 amide bonds. The Hall–Kier alpha value is -4.21. The van der Waals surface area contributed by atoms with Crippen molar-refractivity contribution in [1.82, 2.24) is 14.8 Å². The highest BCUT2D eigenvalue weighted by Crippen LogP contribution is 2.36. The number of hydrogen-bond donors (Lipinski definition) is 2. The molecule has 2 aliphatic rings. The molecule has 0 bridgehead atoms. The minimum absolute atomic E-state index is 0.00911. The predicted octanol–water partition coefficient (Wildman–Crippen LogP) is 5.30. The lowest BCUT2D eigenvalue weighted by atomic mass is 9.99. The van der Waals surface area contributed by atoms with Crippen LogP contribution in [0.5, 0.6) is 11.5 Å². The van der Waals surface area contributed by atoms with E-state index >= 15 is 0 Å². The molecule has 1 fully saturated rings. The third-order valence-corrected chi connectivity index (χ3v) is 8.28. The largest absolute Gasteiger partial charge is 0.486 e. The summed E-state index contributed by atoms with van der Waals surface area (Å²) in [6.07, 6.45) is 2.83. The molecule has 6 rings (SSSR count). The zero-order valence-corrected chi connectivity index (χ0v) is 24.4. The molecule has 1 aromatic heterocycles. The normalized spacial score (nSPS) is 16.4. The first-order valence-corrected chi connectivity index (χ1v) is 14.8. The van der Waals surface area contributed by atoms with Gasteiger partial charge in [0.1, 0.15) is 19.3 Å². The molecule has 9 heteroatoms. The van der Waals surface area contributed by atoms with Crippen molar-refractivity contribution >= 4 is 22.6 Å². The highest BCUT2D eigenvalue weighted by molar-refractivity contribution is 6.42. The predicted molar refractivity (Wildman–Crippen MR) is 162 cm³/mol. The van der Waals surface area contributed by atoms with Gasteiger partial charge in [-0.1, -0.05) is 30.3 Å². The van der Waals surface area contributed by atoms with Gasteiger partial charge in [0.25, 0.3) is 5.91 Å². The lowest BCUT2D eigenvalue weighted by Gasteiger charge is -2.29. The van der Waals surface area contributed by atoms with Gasteiger partial charge in [-0.15, -0.1) is 0 Å². The van der Waals surface area contributed by atoms with Crippen LogP contribution in [0.3, 0.4) is 0 Å². The molecule has 2 N–H and O–H groups in total. The summed E-state index contributed by atoms with van der Waals surface area (Å²) in [6, 6.07) is 17.5. The van der Waals surface area contributed by atoms with Gasteiger partial charge in [0, 0.05) is 35.2 Å². The first kappa shape index (κ1) is 28.9. The smallest absolute Gasteiger partial charge is 0.292 e. The minimum atomic E-state index is -1.27. The zero-order chi connectivity index (χ0) is 30.1. The van der Waals surface area contributed by atoms with Crippen LogP contribution in [0.25, 0.3) is 22.0 Å². The molecule has 43 heavy (non-hydrogen) atoms. The van der Waals surface area contributed by atoms with Gasteiger partial charge < -0.3 is 29.4 Å². The van der Waals surface area contributed by atoms with Crippen molar-refractivity contribution in [3.8, 4) is 22.6 Å². The fourth-order valence-electron chi connectivity index (χ4n) is 5.97. The van der Waals surface area contributed by atoms with Crippen LogP contribution >= 0.6 is 0 Å². The number of ether oxygens (including phenoxy) is 2. The molecule has 4 aromatic rings. The van der Waals surface area contributed by atoms with E-state index in [9.17, 15) is 19.1 Å². The van der Waals surface area contributed by atoms with Crippen LogP contribution in [-0.4, -0.2) is 65.2 Å². The molecule has 1 saturated heterocycles. The summed E-state index contributed by atoms with van der Waals surface area (Å²) in [4.78, 5) is 28.5. The summed E-state index contributed by atoms with van der Waals surface area (Å²) in [5.41, 5.74) is 3.58. The monoisotopic (exact) mass is 585 g/mol. The summed E-state index contributed by atoms with van der Waals surface area (Å²) >= 11 is 0. The Labute approximate surface area is 250 Å². The molecule has 0 radical (unpaired) electrons. The molecule has 3 heterocycles. The molecule has 0 spiro atoms. The van der Waals surface area contributed by atoms with Crippen molar-refractivity contribution in [2.24, 2.45) is 0 Å². The average Bonchev–Trinajstić information content (AvgIpc) is 3.70. The topological polar surface area (TPSA) is 93.0 Å². The van der Waals surface area contributed by atoms with Crippen molar-refractivity contribution in [2.45, 2.75) is 44.9 Å². The van der Waals surface area contributed by atoms with E-state index in [0.29, 0.717) is 12.6 Å². The second-order valence-corrected chi connectivity index (χ2v) is 11.6. The fourth-order valence-corrected chi connectivity index (χ4v) is 5.97. The van der Waals surface area contributed by atoms with Gasteiger partial charge in [0.2, 0.25) is 5.78 Å². The summed E-state index contributed by atoms with van der Waals surface area (Å²) in [7, 11) is 0. The summed E-state index contributed by atoms with van der Waals surface area (Å²) in [6.45, 7) is 6.75. The lowest BCUT2D eigenvalue weighted by Crippen LogP contribution is -2.48. The van der Waals surface area contributed by atoms with E-state index in [0.717, 1.165) is 48.0 Å². The zero-order valence-electron chi connectivity index (χ0n) is 24.4. The number of benzene rings is 3.